The van der Waals surface area contributed by atoms with E-state index < -0.39 is 24.2 Å². The van der Waals surface area contributed by atoms with E-state index in [0.717, 1.165) is 0 Å². The summed E-state index contributed by atoms with van der Waals surface area (Å²) in [7, 11) is 0. The molecular formula is C11H12N4O4. The maximum Gasteiger partial charge on any atom is 0.299 e. The van der Waals surface area contributed by atoms with E-state index >= 15 is 0 Å². The number of aliphatic hydroxyl groups excluding tert-OH is 2. The Morgan fingerprint density at radius 3 is 3.00 bits per heavy atom. The number of ether oxygens (including phenoxy) is 1. The number of amidine groups is 1. The van der Waals surface area contributed by atoms with Crippen LogP contribution in [-0.4, -0.2) is 58.9 Å². The number of fused-ring (bicyclic) bond motifs is 1. The summed E-state index contributed by atoms with van der Waals surface area (Å²) in [6.45, 7) is -0.291. The minimum Gasteiger partial charge on any atom is -0.394 e. The molecule has 1 amide bonds. The zero-order valence-electron chi connectivity index (χ0n) is 9.85. The molecule has 0 bridgehead atoms. The minimum atomic E-state index is -0.792. The van der Waals surface area contributed by atoms with Gasteiger partial charge in [-0.3, -0.25) is 4.79 Å². The molecule has 1 saturated heterocycles. The molecule has 8 heteroatoms. The number of dihydropyridines is 1. The molecule has 0 aliphatic carbocycles. The first-order chi connectivity index (χ1) is 9.11. The summed E-state index contributed by atoms with van der Waals surface area (Å²) >= 11 is 0. The van der Waals surface area contributed by atoms with Gasteiger partial charge in [0.2, 0.25) is 0 Å². The van der Waals surface area contributed by atoms with Crippen LogP contribution in [0, 0.1) is 0 Å². The van der Waals surface area contributed by atoms with Gasteiger partial charge in [0.05, 0.1) is 24.4 Å². The van der Waals surface area contributed by atoms with E-state index in [2.05, 4.69) is 15.0 Å². The first-order valence-corrected chi connectivity index (χ1v) is 5.80. The summed E-state index contributed by atoms with van der Waals surface area (Å²) < 4.78 is 5.52. The van der Waals surface area contributed by atoms with Crippen LogP contribution in [0.2, 0.25) is 0 Å². The van der Waals surface area contributed by atoms with Crippen molar-refractivity contribution in [2.24, 2.45) is 20.7 Å². The number of nitrogens with two attached hydrogens (primary N) is 1. The molecule has 0 aromatic heterocycles. The highest BCUT2D eigenvalue weighted by Crippen LogP contribution is 2.31. The van der Waals surface area contributed by atoms with Crippen LogP contribution in [0.1, 0.15) is 6.42 Å². The Hall–Kier alpha value is -1.90. The first kappa shape index (κ1) is 12.2. The van der Waals surface area contributed by atoms with Gasteiger partial charge >= 0.3 is 0 Å². The first-order valence-electron chi connectivity index (χ1n) is 5.80. The van der Waals surface area contributed by atoms with Crippen LogP contribution in [-0.2, 0) is 9.53 Å². The van der Waals surface area contributed by atoms with Crippen LogP contribution >= 0.6 is 0 Å². The molecule has 19 heavy (non-hydrogen) atoms. The lowest BCUT2D eigenvalue weighted by atomic mass is 9.98. The van der Waals surface area contributed by atoms with Gasteiger partial charge < -0.3 is 20.7 Å². The van der Waals surface area contributed by atoms with Gasteiger partial charge in [0, 0.05) is 6.42 Å². The fourth-order valence-electron chi connectivity index (χ4n) is 2.36. The molecule has 8 nitrogen and oxygen atoms in total. The van der Waals surface area contributed by atoms with Crippen LogP contribution in [0.25, 0.3) is 0 Å². The zero-order chi connectivity index (χ0) is 13.6. The van der Waals surface area contributed by atoms with E-state index in [9.17, 15) is 9.90 Å². The number of carbonyl (C=O) groups excluding carboxylic acids is 1. The lowest BCUT2D eigenvalue weighted by Crippen LogP contribution is -2.34. The van der Waals surface area contributed by atoms with Crippen molar-refractivity contribution >= 4 is 23.8 Å². The summed E-state index contributed by atoms with van der Waals surface area (Å²) in [5.41, 5.74) is 6.68. The van der Waals surface area contributed by atoms with E-state index in [1.165, 1.54) is 6.34 Å². The number of hydrogen-bond donors (Lipinski definition) is 3. The summed E-state index contributed by atoms with van der Waals surface area (Å²) in [6, 6.07) is 0. The van der Waals surface area contributed by atoms with E-state index in [1.807, 2.05) is 0 Å². The number of rotatable bonds is 2. The minimum absolute atomic E-state index is 0.0220. The SMILES string of the molecule is NC1=NC(=O)C2=NC=NC2=C1[C@H]1C[C@H](O)[C@@H](CO)O1. The molecule has 0 spiro atoms. The van der Waals surface area contributed by atoms with Gasteiger partial charge in [-0.05, 0) is 0 Å². The monoisotopic (exact) mass is 264 g/mol. The maximum atomic E-state index is 11.6. The van der Waals surface area contributed by atoms with Crippen molar-refractivity contribution in [3.63, 3.8) is 0 Å². The van der Waals surface area contributed by atoms with E-state index in [-0.39, 0.29) is 24.6 Å². The van der Waals surface area contributed by atoms with Gasteiger partial charge in [0.25, 0.3) is 5.91 Å². The van der Waals surface area contributed by atoms with Crippen molar-refractivity contribution < 1.29 is 19.7 Å². The predicted molar refractivity (Wildman–Crippen MR) is 66.0 cm³/mol. The van der Waals surface area contributed by atoms with Crippen molar-refractivity contribution in [3.05, 3.63) is 11.3 Å². The van der Waals surface area contributed by atoms with Gasteiger partial charge in [-0.15, -0.1) is 0 Å². The third-order valence-corrected chi connectivity index (χ3v) is 3.28. The average Bonchev–Trinajstić information content (AvgIpc) is 2.96. The molecule has 0 radical (unpaired) electrons. The third-order valence-electron chi connectivity index (χ3n) is 3.28. The molecule has 1 fully saturated rings. The van der Waals surface area contributed by atoms with Crippen LogP contribution in [0.3, 0.4) is 0 Å². The third kappa shape index (κ3) is 1.81. The molecule has 0 saturated carbocycles. The molecule has 4 N–H and O–H groups in total. The fourth-order valence-corrected chi connectivity index (χ4v) is 2.36. The summed E-state index contributed by atoms with van der Waals surface area (Å²) in [6.07, 6.45) is -0.504. The van der Waals surface area contributed by atoms with Gasteiger partial charge in [-0.25, -0.2) is 9.98 Å². The standard InChI is InChI=1S/C11H12N4O4/c12-10-7(5-1-4(17)6(2-16)19-5)8-9(11(18)15-10)14-3-13-8/h3-6,16-17H,1-2H2,(H2,12,15,18)/t4-,5+,6+/m0/s1. The van der Waals surface area contributed by atoms with Crippen molar-refractivity contribution in [1.82, 2.24) is 0 Å². The second kappa shape index (κ2) is 4.34. The molecule has 3 rings (SSSR count). The van der Waals surface area contributed by atoms with Crippen LogP contribution in [0.15, 0.2) is 26.2 Å². The van der Waals surface area contributed by atoms with Crippen molar-refractivity contribution in [2.75, 3.05) is 6.61 Å². The Morgan fingerprint density at radius 2 is 2.32 bits per heavy atom. The second-order valence-corrected chi connectivity index (χ2v) is 4.44. The van der Waals surface area contributed by atoms with Gasteiger partial charge in [-0.1, -0.05) is 0 Å². The van der Waals surface area contributed by atoms with Crippen LogP contribution in [0.5, 0.6) is 0 Å². The smallest absolute Gasteiger partial charge is 0.299 e. The number of aliphatic imine (C=N–C) groups is 3. The Labute approximate surface area is 108 Å². The van der Waals surface area contributed by atoms with Crippen molar-refractivity contribution in [1.29, 1.82) is 0 Å². The number of nitrogens with zero attached hydrogens (tertiary/aromatic N) is 3. The predicted octanol–water partition coefficient (Wildman–Crippen LogP) is -1.87. The number of carbonyl (C=O) groups is 1. The molecule has 3 aliphatic heterocycles. The average molecular weight is 264 g/mol. The number of amides is 1. The summed E-state index contributed by atoms with van der Waals surface area (Å²) in [5, 5.41) is 18.8. The van der Waals surface area contributed by atoms with Gasteiger partial charge in [-0.2, -0.15) is 4.99 Å². The number of aliphatic hydroxyl groups is 2. The van der Waals surface area contributed by atoms with Crippen LogP contribution in [0.4, 0.5) is 0 Å². The molecule has 100 valence electrons. The van der Waals surface area contributed by atoms with E-state index in [4.69, 9.17) is 15.6 Å². The molecule has 0 aromatic rings. The zero-order valence-corrected chi connectivity index (χ0v) is 9.85. The topological polar surface area (TPSA) is 130 Å². The van der Waals surface area contributed by atoms with E-state index in [1.54, 1.807) is 0 Å². The van der Waals surface area contributed by atoms with Crippen molar-refractivity contribution in [3.8, 4) is 0 Å². The summed E-state index contributed by atoms with van der Waals surface area (Å²) in [4.78, 5) is 23.1. The summed E-state index contributed by atoms with van der Waals surface area (Å²) in [5.74, 6) is -0.514. The Bertz CT molecular complexity index is 563. The van der Waals surface area contributed by atoms with Crippen LogP contribution < -0.4 is 5.73 Å². The van der Waals surface area contributed by atoms with Gasteiger partial charge in [0.15, 0.2) is 5.71 Å². The quantitative estimate of drug-likeness (QED) is 0.538. The molecular weight excluding hydrogens is 252 g/mol. The highest BCUT2D eigenvalue weighted by atomic mass is 16.5. The normalized spacial score (nSPS) is 33.6. The second-order valence-electron chi connectivity index (χ2n) is 4.44. The highest BCUT2D eigenvalue weighted by Gasteiger charge is 2.41. The molecule has 0 aromatic carbocycles. The lowest BCUT2D eigenvalue weighted by molar-refractivity contribution is -0.111. The molecule has 3 heterocycles. The Balaban J connectivity index is 1.98. The largest absolute Gasteiger partial charge is 0.394 e. The van der Waals surface area contributed by atoms with Crippen molar-refractivity contribution in [2.45, 2.75) is 24.7 Å². The molecule has 3 aliphatic rings. The lowest BCUT2D eigenvalue weighted by Gasteiger charge is -2.19. The maximum absolute atomic E-state index is 11.6. The Kier molecular flexibility index (Phi) is 2.77. The van der Waals surface area contributed by atoms with E-state index in [0.29, 0.717) is 11.3 Å². The fraction of sp³-hybridized carbons (Fsp3) is 0.455. The highest BCUT2D eigenvalue weighted by molar-refractivity contribution is 6.51. The molecule has 0 unspecified atom stereocenters. The number of hydrogen-bond acceptors (Lipinski definition) is 7. The Morgan fingerprint density at radius 1 is 1.53 bits per heavy atom. The van der Waals surface area contributed by atoms with Gasteiger partial charge in [0.1, 0.15) is 24.0 Å². The molecule has 3 atom stereocenters.